The van der Waals surface area contributed by atoms with Gasteiger partial charge in [0.2, 0.25) is 5.95 Å². The highest BCUT2D eigenvalue weighted by Crippen LogP contribution is 2.19. The molecule has 0 saturated heterocycles. The molecule has 0 aliphatic carbocycles. The summed E-state index contributed by atoms with van der Waals surface area (Å²) in [7, 11) is 1.66. The maximum atomic E-state index is 13.0. The number of pyridine rings is 1. The zero-order valence-corrected chi connectivity index (χ0v) is 11.1. The van der Waals surface area contributed by atoms with E-state index in [4.69, 9.17) is 4.74 Å². The van der Waals surface area contributed by atoms with Crippen molar-refractivity contribution in [2.24, 2.45) is 0 Å². The van der Waals surface area contributed by atoms with Crippen LogP contribution in [0.1, 0.15) is 12.5 Å². The molecule has 0 aliphatic rings. The summed E-state index contributed by atoms with van der Waals surface area (Å²) in [5.74, 6) is 0.931. The Morgan fingerprint density at radius 2 is 2.00 bits per heavy atom. The van der Waals surface area contributed by atoms with Crippen molar-refractivity contribution in [2.75, 3.05) is 12.4 Å². The van der Waals surface area contributed by atoms with E-state index in [1.807, 2.05) is 31.2 Å². The second-order valence-electron chi connectivity index (χ2n) is 4.41. The minimum Gasteiger partial charge on any atom is -0.496 e. The lowest BCUT2D eigenvalue weighted by atomic mass is 10.1. The van der Waals surface area contributed by atoms with Gasteiger partial charge < -0.3 is 10.1 Å². The molecule has 0 aliphatic heterocycles. The van der Waals surface area contributed by atoms with E-state index >= 15 is 0 Å². The van der Waals surface area contributed by atoms with Crippen LogP contribution in [0.15, 0.2) is 42.5 Å². The van der Waals surface area contributed by atoms with E-state index in [0.29, 0.717) is 5.82 Å². The Morgan fingerprint density at radius 1 is 1.21 bits per heavy atom. The first-order valence-corrected chi connectivity index (χ1v) is 6.20. The van der Waals surface area contributed by atoms with Gasteiger partial charge in [0.05, 0.1) is 7.11 Å². The van der Waals surface area contributed by atoms with Gasteiger partial charge in [-0.1, -0.05) is 24.3 Å². The van der Waals surface area contributed by atoms with Crippen molar-refractivity contribution in [3.05, 3.63) is 54.0 Å². The van der Waals surface area contributed by atoms with Crippen molar-refractivity contribution in [3.8, 4) is 5.75 Å². The Kier molecular flexibility index (Phi) is 4.34. The fraction of sp³-hybridized carbons (Fsp3) is 0.267. The Bertz CT molecular complexity index is 545. The summed E-state index contributed by atoms with van der Waals surface area (Å²) in [6.45, 7) is 2.03. The molecular weight excluding hydrogens is 243 g/mol. The number of hydrogen-bond acceptors (Lipinski definition) is 3. The predicted octanol–water partition coefficient (Wildman–Crippen LogP) is 3.27. The van der Waals surface area contributed by atoms with E-state index in [0.717, 1.165) is 17.7 Å². The number of hydrogen-bond donors (Lipinski definition) is 1. The molecule has 0 spiro atoms. The van der Waals surface area contributed by atoms with Crippen LogP contribution in [0, 0.1) is 5.95 Å². The monoisotopic (exact) mass is 260 g/mol. The number of ether oxygens (including phenoxy) is 1. The summed E-state index contributed by atoms with van der Waals surface area (Å²) in [6.07, 6.45) is 0.780. The lowest BCUT2D eigenvalue weighted by Gasteiger charge is -2.16. The van der Waals surface area contributed by atoms with Crippen LogP contribution >= 0.6 is 0 Å². The summed E-state index contributed by atoms with van der Waals surface area (Å²) >= 11 is 0. The van der Waals surface area contributed by atoms with Gasteiger partial charge in [-0.2, -0.15) is 4.39 Å². The Hall–Kier alpha value is -2.10. The minimum atomic E-state index is -0.477. The average molecular weight is 260 g/mol. The number of halogens is 1. The molecule has 2 rings (SSSR count). The van der Waals surface area contributed by atoms with E-state index in [2.05, 4.69) is 10.3 Å². The minimum absolute atomic E-state index is 0.130. The molecular formula is C15H17FN2O. The summed E-state index contributed by atoms with van der Waals surface area (Å²) < 4.78 is 18.3. The molecule has 1 N–H and O–H groups in total. The molecule has 1 atom stereocenters. The number of nitrogens with zero attached hydrogens (tertiary/aromatic N) is 1. The van der Waals surface area contributed by atoms with Crippen LogP contribution in [0.25, 0.3) is 0 Å². The summed E-state index contributed by atoms with van der Waals surface area (Å²) in [6, 6.07) is 12.7. The average Bonchev–Trinajstić information content (AvgIpc) is 2.39. The van der Waals surface area contributed by atoms with Gasteiger partial charge in [-0.3, -0.25) is 0 Å². The van der Waals surface area contributed by atoms with Gasteiger partial charge in [-0.15, -0.1) is 0 Å². The van der Waals surface area contributed by atoms with Crippen molar-refractivity contribution in [1.29, 1.82) is 0 Å². The van der Waals surface area contributed by atoms with E-state index in [1.165, 1.54) is 6.07 Å². The number of rotatable bonds is 5. The number of anilines is 1. The molecule has 2 aromatic rings. The molecule has 100 valence electrons. The zero-order chi connectivity index (χ0) is 13.7. The molecule has 0 amide bonds. The topological polar surface area (TPSA) is 34.1 Å². The molecule has 0 saturated carbocycles. The third-order valence-corrected chi connectivity index (χ3v) is 2.83. The van der Waals surface area contributed by atoms with E-state index in [9.17, 15) is 4.39 Å². The lowest BCUT2D eigenvalue weighted by Crippen LogP contribution is -2.19. The molecule has 1 unspecified atom stereocenters. The van der Waals surface area contributed by atoms with Gasteiger partial charge >= 0.3 is 0 Å². The number of methoxy groups -OCH3 is 1. The second-order valence-corrected chi connectivity index (χ2v) is 4.41. The van der Waals surface area contributed by atoms with Crippen molar-refractivity contribution < 1.29 is 9.13 Å². The van der Waals surface area contributed by atoms with Gasteiger partial charge in [-0.05, 0) is 37.1 Å². The SMILES string of the molecule is COc1ccccc1CC(C)Nc1cccc(F)n1. The first kappa shape index (κ1) is 13.3. The number of para-hydroxylation sites is 1. The third-order valence-electron chi connectivity index (χ3n) is 2.83. The van der Waals surface area contributed by atoms with Crippen molar-refractivity contribution in [3.63, 3.8) is 0 Å². The molecule has 1 aromatic carbocycles. The second kappa shape index (κ2) is 6.18. The molecule has 4 heteroatoms. The number of nitrogens with one attached hydrogen (secondary N) is 1. The highest BCUT2D eigenvalue weighted by molar-refractivity contribution is 5.38. The van der Waals surface area contributed by atoms with E-state index in [-0.39, 0.29) is 6.04 Å². The molecule has 0 bridgehead atoms. The smallest absolute Gasteiger partial charge is 0.214 e. The molecule has 0 radical (unpaired) electrons. The largest absolute Gasteiger partial charge is 0.496 e. The molecule has 1 aromatic heterocycles. The Balaban J connectivity index is 2.03. The molecule has 19 heavy (non-hydrogen) atoms. The summed E-state index contributed by atoms with van der Waals surface area (Å²) in [4.78, 5) is 3.79. The first-order chi connectivity index (χ1) is 9.19. The van der Waals surface area contributed by atoms with E-state index in [1.54, 1.807) is 19.2 Å². The quantitative estimate of drug-likeness (QED) is 0.838. The third kappa shape index (κ3) is 3.68. The van der Waals surface area contributed by atoms with Crippen LogP contribution in [0.5, 0.6) is 5.75 Å². The zero-order valence-electron chi connectivity index (χ0n) is 11.1. The van der Waals surface area contributed by atoms with Gasteiger partial charge in [-0.25, -0.2) is 4.98 Å². The Morgan fingerprint density at radius 3 is 2.74 bits per heavy atom. The molecule has 3 nitrogen and oxygen atoms in total. The highest BCUT2D eigenvalue weighted by Gasteiger charge is 2.08. The number of benzene rings is 1. The standard InChI is InChI=1S/C15H17FN2O/c1-11(17-15-9-5-8-14(16)18-15)10-12-6-3-4-7-13(12)19-2/h3-9,11H,10H2,1-2H3,(H,17,18). The van der Waals surface area contributed by atoms with Gasteiger partial charge in [0.1, 0.15) is 11.6 Å². The normalized spacial score (nSPS) is 11.9. The van der Waals surface area contributed by atoms with Crippen molar-refractivity contribution in [2.45, 2.75) is 19.4 Å². The number of aromatic nitrogens is 1. The van der Waals surface area contributed by atoms with Crippen LogP contribution in [-0.4, -0.2) is 18.1 Å². The van der Waals surface area contributed by atoms with Crippen molar-refractivity contribution in [1.82, 2.24) is 4.98 Å². The van der Waals surface area contributed by atoms with E-state index < -0.39 is 5.95 Å². The lowest BCUT2D eigenvalue weighted by molar-refractivity contribution is 0.409. The molecule has 1 heterocycles. The molecule has 0 fully saturated rings. The predicted molar refractivity (Wildman–Crippen MR) is 74.0 cm³/mol. The maximum Gasteiger partial charge on any atom is 0.214 e. The summed E-state index contributed by atoms with van der Waals surface area (Å²) in [5.41, 5.74) is 1.11. The van der Waals surface area contributed by atoms with Crippen LogP contribution in [0.3, 0.4) is 0 Å². The maximum absolute atomic E-state index is 13.0. The fourth-order valence-corrected chi connectivity index (χ4v) is 1.99. The van der Waals surface area contributed by atoms with Crippen LogP contribution in [0.2, 0.25) is 0 Å². The van der Waals surface area contributed by atoms with Crippen molar-refractivity contribution >= 4 is 5.82 Å². The first-order valence-electron chi connectivity index (χ1n) is 6.20. The van der Waals surface area contributed by atoms with Crippen LogP contribution in [-0.2, 0) is 6.42 Å². The van der Waals surface area contributed by atoms with Crippen LogP contribution in [0.4, 0.5) is 10.2 Å². The van der Waals surface area contributed by atoms with Crippen LogP contribution < -0.4 is 10.1 Å². The summed E-state index contributed by atoms with van der Waals surface area (Å²) in [5, 5.41) is 3.18. The fourth-order valence-electron chi connectivity index (χ4n) is 1.99. The van der Waals surface area contributed by atoms with Gasteiger partial charge in [0, 0.05) is 6.04 Å². The Labute approximate surface area is 112 Å². The highest BCUT2D eigenvalue weighted by atomic mass is 19.1. The van der Waals surface area contributed by atoms with Gasteiger partial charge in [0.15, 0.2) is 0 Å². The van der Waals surface area contributed by atoms with Gasteiger partial charge in [0.25, 0.3) is 0 Å².